The van der Waals surface area contributed by atoms with E-state index in [-0.39, 0.29) is 17.9 Å². The highest BCUT2D eigenvalue weighted by Crippen LogP contribution is 2.43. The van der Waals surface area contributed by atoms with Crippen LogP contribution in [0.4, 0.5) is 0 Å². The van der Waals surface area contributed by atoms with Gasteiger partial charge in [0, 0.05) is 31.6 Å². The number of carbonyl (C=O) groups excluding carboxylic acids is 1. The van der Waals surface area contributed by atoms with Gasteiger partial charge in [-0.3, -0.25) is 4.79 Å². The van der Waals surface area contributed by atoms with Crippen molar-refractivity contribution >= 4 is 11.9 Å². The van der Waals surface area contributed by atoms with Gasteiger partial charge in [0.1, 0.15) is 6.54 Å². The van der Waals surface area contributed by atoms with Crippen molar-refractivity contribution in [2.45, 2.75) is 44.4 Å². The highest BCUT2D eigenvalue weighted by Gasteiger charge is 2.38. The van der Waals surface area contributed by atoms with Gasteiger partial charge in [-0.05, 0) is 38.2 Å². The summed E-state index contributed by atoms with van der Waals surface area (Å²) in [6, 6.07) is 10.7. The lowest BCUT2D eigenvalue weighted by Crippen LogP contribution is -2.49. The van der Waals surface area contributed by atoms with E-state index in [2.05, 4.69) is 52.9 Å². The molecule has 0 atom stereocenters. The van der Waals surface area contributed by atoms with Crippen molar-refractivity contribution < 1.29 is 4.79 Å². The van der Waals surface area contributed by atoms with Crippen LogP contribution in [0.5, 0.6) is 0 Å². The molecule has 5 nitrogen and oxygen atoms in total. The van der Waals surface area contributed by atoms with Crippen molar-refractivity contribution in [2.75, 3.05) is 32.7 Å². The van der Waals surface area contributed by atoms with Gasteiger partial charge in [0.25, 0.3) is 0 Å². The van der Waals surface area contributed by atoms with Gasteiger partial charge in [-0.15, -0.1) is 0 Å². The fourth-order valence-corrected chi connectivity index (χ4v) is 3.77. The summed E-state index contributed by atoms with van der Waals surface area (Å²) in [5, 5.41) is 6.74. The Balaban J connectivity index is 1.59. The average Bonchev–Trinajstić information content (AvgIpc) is 3.14. The quantitative estimate of drug-likeness (QED) is 0.616. The second-order valence-electron chi connectivity index (χ2n) is 7.14. The Morgan fingerprint density at radius 3 is 2.44 bits per heavy atom. The molecule has 0 aromatic heterocycles. The molecule has 1 saturated carbocycles. The fraction of sp³-hybridized carbons (Fsp3) is 0.600. The van der Waals surface area contributed by atoms with E-state index in [1.165, 1.54) is 24.8 Å². The van der Waals surface area contributed by atoms with E-state index in [1.54, 1.807) is 0 Å². The number of aliphatic imine (C=N–C) groups is 1. The van der Waals surface area contributed by atoms with Crippen LogP contribution in [0.2, 0.25) is 0 Å². The van der Waals surface area contributed by atoms with Gasteiger partial charge in [-0.2, -0.15) is 0 Å². The number of hydrogen-bond donors (Lipinski definition) is 2. The lowest BCUT2D eigenvalue weighted by atomic mass is 9.64. The molecule has 0 bridgehead atoms. The Morgan fingerprint density at radius 2 is 1.84 bits per heavy atom. The standard InChI is InChI=1S/C20H30N4O/c1-2-21-19(22-15-18(25)24-13-6-7-14-24)23-16-20(11-8-12-20)17-9-4-3-5-10-17/h3-5,9-10H,2,6-8,11-16H2,1H3,(H2,21,22,23). The third-order valence-corrected chi connectivity index (χ3v) is 5.47. The molecule has 1 aliphatic carbocycles. The third-order valence-electron chi connectivity index (χ3n) is 5.47. The Bertz CT molecular complexity index is 589. The Hall–Kier alpha value is -2.04. The van der Waals surface area contributed by atoms with Gasteiger partial charge in [0.15, 0.2) is 5.96 Å². The molecule has 1 aliphatic heterocycles. The largest absolute Gasteiger partial charge is 0.357 e. The molecule has 1 aromatic carbocycles. The third kappa shape index (κ3) is 4.33. The number of rotatable bonds is 6. The van der Waals surface area contributed by atoms with Gasteiger partial charge in [-0.1, -0.05) is 36.8 Å². The molecule has 0 unspecified atom stereocenters. The van der Waals surface area contributed by atoms with E-state index in [0.29, 0.717) is 0 Å². The molecule has 0 radical (unpaired) electrons. The summed E-state index contributed by atoms with van der Waals surface area (Å²) in [4.78, 5) is 18.6. The van der Waals surface area contributed by atoms with Crippen LogP contribution < -0.4 is 10.6 Å². The van der Waals surface area contributed by atoms with Crippen molar-refractivity contribution in [3.63, 3.8) is 0 Å². The predicted molar refractivity (Wildman–Crippen MR) is 102 cm³/mol. The summed E-state index contributed by atoms with van der Waals surface area (Å²) in [7, 11) is 0. The minimum Gasteiger partial charge on any atom is -0.357 e. The van der Waals surface area contributed by atoms with E-state index in [0.717, 1.165) is 45.0 Å². The van der Waals surface area contributed by atoms with Crippen LogP contribution in [0.15, 0.2) is 35.3 Å². The van der Waals surface area contributed by atoms with E-state index in [9.17, 15) is 4.79 Å². The van der Waals surface area contributed by atoms with Crippen LogP contribution in [0.25, 0.3) is 0 Å². The molecular formula is C20H30N4O. The zero-order valence-corrected chi connectivity index (χ0v) is 15.3. The van der Waals surface area contributed by atoms with Crippen molar-refractivity contribution in [1.82, 2.24) is 15.5 Å². The summed E-state index contributed by atoms with van der Waals surface area (Å²) in [5.41, 5.74) is 1.61. The number of hydrogen-bond acceptors (Lipinski definition) is 2. The number of benzene rings is 1. The molecular weight excluding hydrogens is 312 g/mol. The number of guanidine groups is 1. The van der Waals surface area contributed by atoms with Crippen LogP contribution in [-0.2, 0) is 10.2 Å². The number of amides is 1. The van der Waals surface area contributed by atoms with Crippen molar-refractivity contribution in [2.24, 2.45) is 4.99 Å². The molecule has 2 N–H and O–H groups in total. The van der Waals surface area contributed by atoms with Crippen molar-refractivity contribution in [3.05, 3.63) is 35.9 Å². The van der Waals surface area contributed by atoms with E-state index >= 15 is 0 Å². The highest BCUT2D eigenvalue weighted by atomic mass is 16.2. The predicted octanol–water partition coefficient (Wildman–Crippen LogP) is 2.29. The Labute approximate surface area is 150 Å². The molecule has 1 amide bonds. The molecule has 1 aromatic rings. The minimum atomic E-state index is 0.135. The van der Waals surface area contributed by atoms with Gasteiger partial charge in [0.05, 0.1) is 0 Å². The number of carbonyl (C=O) groups is 1. The molecule has 3 rings (SSSR count). The first-order valence-corrected chi connectivity index (χ1v) is 9.59. The molecule has 25 heavy (non-hydrogen) atoms. The van der Waals surface area contributed by atoms with Crippen LogP contribution >= 0.6 is 0 Å². The average molecular weight is 342 g/mol. The minimum absolute atomic E-state index is 0.135. The first-order chi connectivity index (χ1) is 12.2. The topological polar surface area (TPSA) is 56.7 Å². The molecule has 0 spiro atoms. The Kier molecular flexibility index (Phi) is 5.95. The van der Waals surface area contributed by atoms with Crippen LogP contribution in [0.1, 0.15) is 44.6 Å². The highest BCUT2D eigenvalue weighted by molar-refractivity contribution is 5.85. The van der Waals surface area contributed by atoms with E-state index in [4.69, 9.17) is 0 Å². The summed E-state index contributed by atoms with van der Waals surface area (Å²) >= 11 is 0. The summed E-state index contributed by atoms with van der Waals surface area (Å²) in [6.07, 6.45) is 5.92. The van der Waals surface area contributed by atoms with Crippen LogP contribution in [0, 0.1) is 0 Å². The molecule has 5 heteroatoms. The maximum absolute atomic E-state index is 12.2. The second-order valence-corrected chi connectivity index (χ2v) is 7.14. The molecule has 2 fully saturated rings. The van der Waals surface area contributed by atoms with Gasteiger partial charge < -0.3 is 15.5 Å². The molecule has 1 saturated heterocycles. The summed E-state index contributed by atoms with van der Waals surface area (Å²) < 4.78 is 0. The van der Waals surface area contributed by atoms with Gasteiger partial charge in [0.2, 0.25) is 5.91 Å². The monoisotopic (exact) mass is 342 g/mol. The SMILES string of the molecule is CCNC(=NCC(=O)N1CCCC1)NCC1(c2ccccc2)CCC1. The zero-order valence-electron chi connectivity index (χ0n) is 15.3. The van der Waals surface area contributed by atoms with Crippen molar-refractivity contribution in [3.8, 4) is 0 Å². The van der Waals surface area contributed by atoms with Crippen LogP contribution in [-0.4, -0.2) is 49.5 Å². The van der Waals surface area contributed by atoms with E-state index in [1.807, 2.05) is 4.90 Å². The smallest absolute Gasteiger partial charge is 0.244 e. The second kappa shape index (κ2) is 8.37. The normalized spacial score (nSPS) is 19.4. The van der Waals surface area contributed by atoms with E-state index < -0.39 is 0 Å². The maximum atomic E-state index is 12.2. The molecule has 1 heterocycles. The molecule has 2 aliphatic rings. The van der Waals surface area contributed by atoms with Gasteiger partial charge in [-0.25, -0.2) is 4.99 Å². The zero-order chi connectivity index (χ0) is 17.5. The summed E-state index contributed by atoms with van der Waals surface area (Å²) in [6.45, 7) is 5.71. The summed E-state index contributed by atoms with van der Waals surface area (Å²) in [5.74, 6) is 0.883. The maximum Gasteiger partial charge on any atom is 0.244 e. The number of nitrogens with zero attached hydrogens (tertiary/aromatic N) is 2. The van der Waals surface area contributed by atoms with Gasteiger partial charge >= 0.3 is 0 Å². The lowest BCUT2D eigenvalue weighted by Gasteiger charge is -2.43. The van der Waals surface area contributed by atoms with Crippen LogP contribution in [0.3, 0.4) is 0 Å². The number of likely N-dealkylation sites (tertiary alicyclic amines) is 1. The first kappa shape index (κ1) is 17.8. The number of nitrogens with one attached hydrogen (secondary N) is 2. The Morgan fingerprint density at radius 1 is 1.12 bits per heavy atom. The molecule has 136 valence electrons. The fourth-order valence-electron chi connectivity index (χ4n) is 3.77. The lowest BCUT2D eigenvalue weighted by molar-refractivity contribution is -0.128. The van der Waals surface area contributed by atoms with Crippen molar-refractivity contribution in [1.29, 1.82) is 0 Å². The first-order valence-electron chi connectivity index (χ1n) is 9.59.